The molecule has 1 rings (SSSR count). The first-order chi connectivity index (χ1) is 9.52. The van der Waals surface area contributed by atoms with Crippen LogP contribution in [-0.2, 0) is 11.2 Å². The van der Waals surface area contributed by atoms with E-state index in [1.165, 1.54) is 0 Å². The van der Waals surface area contributed by atoms with Crippen LogP contribution in [0.1, 0.15) is 5.56 Å². The van der Waals surface area contributed by atoms with Gasteiger partial charge in [-0.2, -0.15) is 0 Å². The zero-order valence-electron chi connectivity index (χ0n) is 12.7. The molecule has 5 nitrogen and oxygen atoms in total. The van der Waals surface area contributed by atoms with E-state index in [9.17, 15) is 4.79 Å². The lowest BCUT2D eigenvalue weighted by Gasteiger charge is -2.15. The minimum atomic E-state index is 0.0212. The Kier molecular flexibility index (Phi) is 6.73. The van der Waals surface area contributed by atoms with Crippen LogP contribution in [-0.4, -0.2) is 62.0 Å². The van der Waals surface area contributed by atoms with Crippen molar-refractivity contribution in [2.24, 2.45) is 0 Å². The molecule has 0 N–H and O–H groups in total. The zero-order chi connectivity index (χ0) is 15.0. The average Bonchev–Trinajstić information content (AvgIpc) is 2.44. The molecule has 0 unspecified atom stereocenters. The molecule has 0 aromatic carbocycles. The number of ether oxygens (including phenoxy) is 1. The van der Waals surface area contributed by atoms with Crippen LogP contribution >= 0.6 is 0 Å². The molecule has 0 bridgehead atoms. The molecule has 0 saturated carbocycles. The minimum absolute atomic E-state index is 0.0212. The summed E-state index contributed by atoms with van der Waals surface area (Å²) in [5.41, 5.74) is 1.11. The van der Waals surface area contributed by atoms with Crippen molar-refractivity contribution in [2.75, 3.05) is 41.3 Å². The maximum atomic E-state index is 11.9. The maximum absolute atomic E-state index is 11.9. The lowest BCUT2D eigenvalue weighted by atomic mass is 10.2. The van der Waals surface area contributed by atoms with Gasteiger partial charge < -0.3 is 14.5 Å². The van der Waals surface area contributed by atoms with Gasteiger partial charge in [0.2, 0.25) is 11.8 Å². The highest BCUT2D eigenvalue weighted by molar-refractivity contribution is 5.87. The van der Waals surface area contributed by atoms with Crippen LogP contribution in [0.25, 0.3) is 0 Å². The topological polar surface area (TPSA) is 45.7 Å². The predicted octanol–water partition coefficient (Wildman–Crippen LogP) is 1.21. The van der Waals surface area contributed by atoms with E-state index in [0.717, 1.165) is 18.5 Å². The lowest BCUT2D eigenvalue weighted by Crippen LogP contribution is -2.27. The third-order valence-corrected chi connectivity index (χ3v) is 2.85. The van der Waals surface area contributed by atoms with Gasteiger partial charge in [0.25, 0.3) is 0 Å². The summed E-state index contributed by atoms with van der Waals surface area (Å²) in [4.78, 5) is 19.6. The number of likely N-dealkylation sites (N-methyl/N-ethyl adjacent to an activating group) is 2. The Bertz CT molecular complexity index is 458. The van der Waals surface area contributed by atoms with E-state index >= 15 is 0 Å². The molecule has 0 radical (unpaired) electrons. The highest BCUT2D eigenvalue weighted by Crippen LogP contribution is 2.09. The second-order valence-electron chi connectivity index (χ2n) is 4.88. The minimum Gasteiger partial charge on any atom is -0.481 e. The molecule has 0 aliphatic carbocycles. The fraction of sp³-hybridized carbons (Fsp3) is 0.467. The number of pyridine rings is 1. The summed E-state index contributed by atoms with van der Waals surface area (Å²) in [5, 5.41) is 0. The van der Waals surface area contributed by atoms with Gasteiger partial charge in [0, 0.05) is 38.5 Å². The van der Waals surface area contributed by atoms with Crippen LogP contribution in [0.3, 0.4) is 0 Å². The molecule has 1 amide bonds. The normalized spacial score (nSPS) is 11.1. The molecule has 20 heavy (non-hydrogen) atoms. The number of carbonyl (C=O) groups is 1. The van der Waals surface area contributed by atoms with Crippen LogP contribution in [0.2, 0.25) is 0 Å². The van der Waals surface area contributed by atoms with E-state index in [-0.39, 0.29) is 5.91 Å². The van der Waals surface area contributed by atoms with Gasteiger partial charge in [-0.3, -0.25) is 4.79 Å². The lowest BCUT2D eigenvalue weighted by molar-refractivity contribution is -0.124. The Morgan fingerprint density at radius 3 is 2.80 bits per heavy atom. The summed E-state index contributed by atoms with van der Waals surface area (Å²) in [6.45, 7) is 1.43. The number of carbonyl (C=O) groups excluding carboxylic acids is 1. The van der Waals surface area contributed by atoms with Crippen molar-refractivity contribution in [1.29, 1.82) is 0 Å². The second-order valence-corrected chi connectivity index (χ2v) is 4.88. The first kappa shape index (κ1) is 16.2. The van der Waals surface area contributed by atoms with Crippen molar-refractivity contribution < 1.29 is 9.53 Å². The summed E-state index contributed by atoms with van der Waals surface area (Å²) in [6.07, 6.45) is 5.98. The molecule has 0 fully saturated rings. The quantitative estimate of drug-likeness (QED) is 0.703. The van der Waals surface area contributed by atoms with Crippen LogP contribution in [0.5, 0.6) is 5.88 Å². The van der Waals surface area contributed by atoms with Gasteiger partial charge in [-0.15, -0.1) is 0 Å². The number of rotatable bonds is 7. The number of hydrogen-bond donors (Lipinski definition) is 0. The number of methoxy groups -OCH3 is 1. The molecular weight excluding hydrogens is 254 g/mol. The monoisotopic (exact) mass is 277 g/mol. The van der Waals surface area contributed by atoms with Gasteiger partial charge in [0.1, 0.15) is 0 Å². The van der Waals surface area contributed by atoms with Crippen molar-refractivity contribution in [1.82, 2.24) is 14.8 Å². The number of amides is 1. The highest BCUT2D eigenvalue weighted by atomic mass is 16.5. The van der Waals surface area contributed by atoms with Crippen molar-refractivity contribution in [3.8, 4) is 5.88 Å². The largest absolute Gasteiger partial charge is 0.481 e. The summed E-state index contributed by atoms with van der Waals surface area (Å²) >= 11 is 0. The fourth-order valence-electron chi connectivity index (χ4n) is 1.62. The third-order valence-electron chi connectivity index (χ3n) is 2.85. The molecule has 0 saturated heterocycles. The molecule has 1 heterocycles. The van der Waals surface area contributed by atoms with Crippen LogP contribution in [0.4, 0.5) is 0 Å². The van der Waals surface area contributed by atoms with Crippen LogP contribution in [0.15, 0.2) is 30.5 Å². The number of nitrogens with zero attached hydrogens (tertiary/aromatic N) is 3. The molecule has 0 atom stereocenters. The average molecular weight is 277 g/mol. The molecule has 1 aromatic rings. The molecule has 110 valence electrons. The maximum Gasteiger partial charge on any atom is 0.246 e. The second kappa shape index (κ2) is 8.32. The summed E-state index contributed by atoms with van der Waals surface area (Å²) < 4.78 is 5.08. The van der Waals surface area contributed by atoms with Crippen molar-refractivity contribution in [3.05, 3.63) is 36.0 Å². The Morgan fingerprint density at radius 1 is 1.40 bits per heavy atom. The SMILES string of the molecule is COc1cc(CCN(C)C(=O)/C=C/CN(C)C)ccn1. The molecule has 0 aliphatic rings. The Labute approximate surface area is 120 Å². The summed E-state index contributed by atoms with van der Waals surface area (Å²) in [5.74, 6) is 0.621. The Morgan fingerprint density at radius 2 is 2.15 bits per heavy atom. The standard InChI is InChI=1S/C15H23N3O2/c1-17(2)10-5-6-15(19)18(3)11-8-13-7-9-16-14(12-13)20-4/h5-7,9,12H,8,10-11H2,1-4H3/b6-5+. The van der Waals surface area contributed by atoms with E-state index in [2.05, 4.69) is 4.98 Å². The van der Waals surface area contributed by atoms with E-state index < -0.39 is 0 Å². The van der Waals surface area contributed by atoms with Crippen LogP contribution < -0.4 is 4.74 Å². The first-order valence-electron chi connectivity index (χ1n) is 6.58. The van der Waals surface area contributed by atoms with Gasteiger partial charge in [0.05, 0.1) is 7.11 Å². The predicted molar refractivity (Wildman–Crippen MR) is 79.8 cm³/mol. The summed E-state index contributed by atoms with van der Waals surface area (Å²) in [6, 6.07) is 3.82. The van der Waals surface area contributed by atoms with Gasteiger partial charge in [-0.1, -0.05) is 6.08 Å². The molecule has 0 aliphatic heterocycles. The van der Waals surface area contributed by atoms with Crippen molar-refractivity contribution >= 4 is 5.91 Å². The summed E-state index contributed by atoms with van der Waals surface area (Å²) in [7, 11) is 7.34. The van der Waals surface area contributed by atoms with E-state index in [1.54, 1.807) is 31.3 Å². The highest BCUT2D eigenvalue weighted by Gasteiger charge is 2.05. The Hall–Kier alpha value is -1.88. The van der Waals surface area contributed by atoms with Gasteiger partial charge in [-0.25, -0.2) is 4.98 Å². The molecule has 0 spiro atoms. The van der Waals surface area contributed by atoms with Crippen molar-refractivity contribution in [2.45, 2.75) is 6.42 Å². The number of hydrogen-bond acceptors (Lipinski definition) is 4. The van der Waals surface area contributed by atoms with Crippen LogP contribution in [0, 0.1) is 0 Å². The van der Waals surface area contributed by atoms with Gasteiger partial charge in [0.15, 0.2) is 0 Å². The van der Waals surface area contributed by atoms with Gasteiger partial charge >= 0.3 is 0 Å². The molecule has 5 heteroatoms. The van der Waals surface area contributed by atoms with Crippen molar-refractivity contribution in [3.63, 3.8) is 0 Å². The third kappa shape index (κ3) is 5.84. The Balaban J connectivity index is 2.43. The fourth-order valence-corrected chi connectivity index (χ4v) is 1.62. The smallest absolute Gasteiger partial charge is 0.246 e. The van der Waals surface area contributed by atoms with E-state index in [0.29, 0.717) is 12.4 Å². The van der Waals surface area contributed by atoms with E-state index in [4.69, 9.17) is 4.74 Å². The molecular formula is C15H23N3O2. The number of aromatic nitrogens is 1. The first-order valence-corrected chi connectivity index (χ1v) is 6.58. The van der Waals surface area contributed by atoms with E-state index in [1.807, 2.05) is 37.2 Å². The molecule has 1 aromatic heterocycles. The van der Waals surface area contributed by atoms with Gasteiger partial charge in [-0.05, 0) is 32.1 Å². The zero-order valence-corrected chi connectivity index (χ0v) is 12.7.